The lowest BCUT2D eigenvalue weighted by molar-refractivity contribution is 0.463. The van der Waals surface area contributed by atoms with Gasteiger partial charge in [0.15, 0.2) is 0 Å². The first-order valence-electron chi connectivity index (χ1n) is 8.84. The highest BCUT2D eigenvalue weighted by atomic mass is 32.2. The quantitative estimate of drug-likeness (QED) is 0.430. The molecule has 0 saturated heterocycles. The van der Waals surface area contributed by atoms with Crippen LogP contribution in [-0.4, -0.2) is 13.0 Å². The van der Waals surface area contributed by atoms with Gasteiger partial charge in [0.2, 0.25) is 0 Å². The van der Waals surface area contributed by atoms with E-state index in [9.17, 15) is 13.0 Å². The van der Waals surface area contributed by atoms with Gasteiger partial charge in [-0.05, 0) is 34.4 Å². The van der Waals surface area contributed by atoms with Crippen molar-refractivity contribution in [2.45, 2.75) is 4.90 Å². The van der Waals surface area contributed by atoms with Gasteiger partial charge < -0.3 is 4.55 Å². The van der Waals surface area contributed by atoms with Crippen molar-refractivity contribution in [3.63, 3.8) is 0 Å². The van der Waals surface area contributed by atoms with Crippen LogP contribution in [0.5, 0.6) is 0 Å². The van der Waals surface area contributed by atoms with E-state index in [0.29, 0.717) is 22.3 Å². The summed E-state index contributed by atoms with van der Waals surface area (Å²) in [7, 11) is -4.71. The molecule has 0 aromatic heterocycles. The van der Waals surface area contributed by atoms with E-state index < -0.39 is 10.1 Å². The van der Waals surface area contributed by atoms with Gasteiger partial charge in [0, 0.05) is 11.1 Å². The summed E-state index contributed by atoms with van der Waals surface area (Å²) in [6.07, 6.45) is 0. The topological polar surface area (TPSA) is 57.2 Å². The van der Waals surface area contributed by atoms with Crippen molar-refractivity contribution in [2.75, 3.05) is 0 Å². The van der Waals surface area contributed by atoms with Gasteiger partial charge in [0.1, 0.15) is 10.1 Å². The summed E-state index contributed by atoms with van der Waals surface area (Å²) in [5.41, 5.74) is 4.00. The van der Waals surface area contributed by atoms with Crippen LogP contribution < -0.4 is 0 Å². The maximum atomic E-state index is 12.3. The lowest BCUT2D eigenvalue weighted by Gasteiger charge is -2.20. The van der Waals surface area contributed by atoms with Crippen LogP contribution >= 0.6 is 0 Å². The van der Waals surface area contributed by atoms with Crippen LogP contribution in [0.1, 0.15) is 0 Å². The molecular weight excluding hydrogens is 368 g/mol. The minimum atomic E-state index is -4.71. The van der Waals surface area contributed by atoms with E-state index in [-0.39, 0.29) is 4.90 Å². The molecule has 0 aliphatic heterocycles. The van der Waals surface area contributed by atoms with Crippen LogP contribution in [0.15, 0.2) is 108 Å². The molecule has 4 heteroatoms. The van der Waals surface area contributed by atoms with Crippen molar-refractivity contribution in [3.05, 3.63) is 103 Å². The van der Waals surface area contributed by atoms with Crippen molar-refractivity contribution in [2.24, 2.45) is 0 Å². The second-order valence-electron chi connectivity index (χ2n) is 6.45. The predicted octanol–water partition coefficient (Wildman–Crippen LogP) is 5.59. The Labute approximate surface area is 164 Å². The van der Waals surface area contributed by atoms with Crippen molar-refractivity contribution < 1.29 is 13.0 Å². The van der Waals surface area contributed by atoms with E-state index in [2.05, 4.69) is 0 Å². The zero-order valence-electron chi connectivity index (χ0n) is 14.9. The molecule has 0 aliphatic carbocycles. The zero-order valence-corrected chi connectivity index (χ0v) is 15.8. The summed E-state index contributed by atoms with van der Waals surface area (Å²) >= 11 is 0. The fourth-order valence-electron chi connectivity index (χ4n) is 3.36. The lowest BCUT2D eigenvalue weighted by atomic mass is 9.93. The van der Waals surface area contributed by atoms with Gasteiger partial charge in [-0.15, -0.1) is 0 Å². The second kappa shape index (κ2) is 7.43. The first-order chi connectivity index (χ1) is 13.5. The Hall–Kier alpha value is -3.21. The number of rotatable bonds is 4. The van der Waals surface area contributed by atoms with Crippen LogP contribution in [0.2, 0.25) is 0 Å². The van der Waals surface area contributed by atoms with Gasteiger partial charge in [-0.1, -0.05) is 91.0 Å². The van der Waals surface area contributed by atoms with Crippen molar-refractivity contribution in [1.82, 2.24) is 0 Å². The molecule has 3 nitrogen and oxygen atoms in total. The summed E-state index contributed by atoms with van der Waals surface area (Å²) < 4.78 is 36.9. The maximum Gasteiger partial charge on any atom is 0.125 e. The first-order valence-corrected chi connectivity index (χ1v) is 10.2. The highest BCUT2D eigenvalue weighted by molar-refractivity contribution is 7.86. The Morgan fingerprint density at radius 1 is 0.500 bits per heavy atom. The second-order valence-corrected chi connectivity index (χ2v) is 7.77. The van der Waals surface area contributed by atoms with Crippen molar-refractivity contribution in [1.29, 1.82) is 0 Å². The summed E-state index contributed by atoms with van der Waals surface area (Å²) in [6, 6.07) is 31.5. The van der Waals surface area contributed by atoms with E-state index in [0.717, 1.165) is 11.1 Å². The average Bonchev–Trinajstić information content (AvgIpc) is 2.74. The molecule has 0 radical (unpaired) electrons. The van der Waals surface area contributed by atoms with Gasteiger partial charge in [0.25, 0.3) is 0 Å². The van der Waals surface area contributed by atoms with Crippen LogP contribution in [0.4, 0.5) is 0 Å². The normalized spacial score (nSPS) is 11.3. The molecule has 0 spiro atoms. The third kappa shape index (κ3) is 3.60. The van der Waals surface area contributed by atoms with E-state index in [1.54, 1.807) is 12.1 Å². The number of hydrogen-bond donors (Lipinski definition) is 0. The Morgan fingerprint density at radius 3 is 1.21 bits per heavy atom. The van der Waals surface area contributed by atoms with E-state index in [1.807, 2.05) is 91.0 Å². The summed E-state index contributed by atoms with van der Waals surface area (Å²) in [6.45, 7) is 0. The Bertz CT molecular complexity index is 1140. The molecule has 0 atom stereocenters. The van der Waals surface area contributed by atoms with Crippen LogP contribution in [0.3, 0.4) is 0 Å². The molecule has 0 amide bonds. The Balaban J connectivity index is 2.12. The Morgan fingerprint density at radius 2 is 0.857 bits per heavy atom. The Kier molecular flexibility index (Phi) is 4.82. The van der Waals surface area contributed by atoms with Gasteiger partial charge in [-0.25, -0.2) is 8.42 Å². The number of benzene rings is 4. The fourth-order valence-corrected chi connectivity index (χ4v) is 4.25. The van der Waals surface area contributed by atoms with Gasteiger partial charge >= 0.3 is 0 Å². The van der Waals surface area contributed by atoms with E-state index >= 15 is 0 Å². The average molecular weight is 385 g/mol. The SMILES string of the molecule is O=S(=O)([O-])c1c(-c2ccccc2)cc(-c2ccccc2)cc1-c1ccccc1. The van der Waals surface area contributed by atoms with Gasteiger partial charge in [0.05, 0.1) is 4.90 Å². The predicted molar refractivity (Wildman–Crippen MR) is 111 cm³/mol. The van der Waals surface area contributed by atoms with Crippen LogP contribution in [0, 0.1) is 0 Å². The largest absolute Gasteiger partial charge is 0.744 e. The van der Waals surface area contributed by atoms with Gasteiger partial charge in [-0.2, -0.15) is 0 Å². The first kappa shape index (κ1) is 18.2. The molecule has 4 aromatic carbocycles. The standard InChI is InChI=1S/C24H18O3S/c25-28(26,27)24-22(19-12-6-2-7-13-19)16-21(18-10-4-1-5-11-18)17-23(24)20-14-8-3-9-15-20/h1-17H,(H,25,26,27)/p-1. The lowest BCUT2D eigenvalue weighted by Crippen LogP contribution is -2.05. The molecule has 4 rings (SSSR count). The zero-order chi connectivity index (χ0) is 19.6. The third-order valence-corrected chi connectivity index (χ3v) is 5.56. The fraction of sp³-hybridized carbons (Fsp3) is 0. The maximum absolute atomic E-state index is 12.3. The molecule has 0 N–H and O–H groups in total. The smallest absolute Gasteiger partial charge is 0.125 e. The highest BCUT2D eigenvalue weighted by Crippen LogP contribution is 2.39. The molecule has 4 aromatic rings. The minimum absolute atomic E-state index is 0.190. The van der Waals surface area contributed by atoms with Gasteiger partial charge in [-0.3, -0.25) is 0 Å². The third-order valence-electron chi connectivity index (χ3n) is 4.62. The molecular formula is C24H17O3S-. The van der Waals surface area contributed by atoms with E-state index in [4.69, 9.17) is 0 Å². The molecule has 0 heterocycles. The molecule has 0 saturated carbocycles. The molecule has 0 bridgehead atoms. The van der Waals surface area contributed by atoms with Crippen molar-refractivity contribution in [3.8, 4) is 33.4 Å². The van der Waals surface area contributed by atoms with Crippen LogP contribution in [-0.2, 0) is 10.1 Å². The monoisotopic (exact) mass is 385 g/mol. The van der Waals surface area contributed by atoms with E-state index in [1.165, 1.54) is 0 Å². The van der Waals surface area contributed by atoms with Crippen LogP contribution in [0.25, 0.3) is 33.4 Å². The summed E-state index contributed by atoms with van der Waals surface area (Å²) in [5.74, 6) is 0. The number of hydrogen-bond acceptors (Lipinski definition) is 3. The molecule has 0 fully saturated rings. The molecule has 0 aliphatic rings. The highest BCUT2D eigenvalue weighted by Gasteiger charge is 2.19. The molecule has 0 unspecified atom stereocenters. The minimum Gasteiger partial charge on any atom is -0.744 e. The molecule has 28 heavy (non-hydrogen) atoms. The van der Waals surface area contributed by atoms with Crippen molar-refractivity contribution >= 4 is 10.1 Å². The molecule has 138 valence electrons. The summed E-state index contributed by atoms with van der Waals surface area (Å²) in [5, 5.41) is 0. The summed E-state index contributed by atoms with van der Waals surface area (Å²) in [4.78, 5) is -0.190.